The Balaban J connectivity index is 1.57. The van der Waals surface area contributed by atoms with E-state index in [9.17, 15) is 9.59 Å². The first kappa shape index (κ1) is 15.3. The first-order valence-corrected chi connectivity index (χ1v) is 7.90. The van der Waals surface area contributed by atoms with Crippen molar-refractivity contribution in [2.24, 2.45) is 0 Å². The molecule has 8 nitrogen and oxygen atoms in total. The first-order valence-electron chi connectivity index (χ1n) is 7.90. The van der Waals surface area contributed by atoms with E-state index >= 15 is 0 Å². The predicted molar refractivity (Wildman–Crippen MR) is 87.4 cm³/mol. The van der Waals surface area contributed by atoms with Gasteiger partial charge in [0, 0.05) is 25.5 Å². The summed E-state index contributed by atoms with van der Waals surface area (Å²) in [6, 6.07) is 8.06. The molecule has 0 atom stereocenters. The van der Waals surface area contributed by atoms with Gasteiger partial charge in [-0.2, -0.15) is 0 Å². The van der Waals surface area contributed by atoms with Crippen molar-refractivity contribution < 1.29 is 9.32 Å². The zero-order valence-electron chi connectivity index (χ0n) is 13.3. The molecule has 0 unspecified atom stereocenters. The van der Waals surface area contributed by atoms with Gasteiger partial charge < -0.3 is 4.90 Å². The quantitative estimate of drug-likeness (QED) is 0.704. The highest BCUT2D eigenvalue weighted by Crippen LogP contribution is 2.19. The van der Waals surface area contributed by atoms with E-state index in [1.54, 1.807) is 4.90 Å². The fraction of sp³-hybridized carbons (Fsp3) is 0.235. The molecular weight excluding hydrogens is 322 g/mol. The van der Waals surface area contributed by atoms with Crippen LogP contribution in [0.4, 0.5) is 0 Å². The Morgan fingerprint density at radius 3 is 2.84 bits per heavy atom. The van der Waals surface area contributed by atoms with Crippen LogP contribution in [-0.2, 0) is 24.3 Å². The van der Waals surface area contributed by atoms with Crippen molar-refractivity contribution in [2.75, 3.05) is 6.54 Å². The third kappa shape index (κ3) is 2.93. The van der Waals surface area contributed by atoms with Crippen LogP contribution in [0.1, 0.15) is 11.1 Å². The molecule has 8 heteroatoms. The molecule has 0 radical (unpaired) electrons. The second kappa shape index (κ2) is 6.31. The van der Waals surface area contributed by atoms with E-state index in [0.717, 1.165) is 12.0 Å². The molecule has 1 aliphatic heterocycles. The van der Waals surface area contributed by atoms with Crippen LogP contribution in [0.3, 0.4) is 0 Å². The van der Waals surface area contributed by atoms with Gasteiger partial charge in [0.2, 0.25) is 11.7 Å². The average Bonchev–Trinajstić information content (AvgIpc) is 3.02. The molecule has 0 saturated carbocycles. The van der Waals surface area contributed by atoms with Gasteiger partial charge in [0.1, 0.15) is 12.2 Å². The van der Waals surface area contributed by atoms with Gasteiger partial charge in [-0.25, -0.2) is 14.3 Å². The van der Waals surface area contributed by atoms with E-state index in [4.69, 9.17) is 4.52 Å². The van der Waals surface area contributed by atoms with Crippen LogP contribution in [0.2, 0.25) is 0 Å². The van der Waals surface area contributed by atoms with Crippen molar-refractivity contribution in [1.29, 1.82) is 0 Å². The number of hydrogen-bond donors (Lipinski definition) is 0. The van der Waals surface area contributed by atoms with Gasteiger partial charge in [-0.15, -0.1) is 0 Å². The lowest BCUT2D eigenvalue weighted by Gasteiger charge is -2.28. The standard InChI is InChI=1S/C17H15N5O3/c23-15(21-8-5-12-3-1-2-4-13(12)10-21)11-22-16(20-25-17(22)24)14-9-18-6-7-19-14/h1-4,6-7,9H,5,8,10-11H2. The van der Waals surface area contributed by atoms with Gasteiger partial charge in [0.15, 0.2) is 0 Å². The molecule has 0 N–H and O–H groups in total. The summed E-state index contributed by atoms with van der Waals surface area (Å²) < 4.78 is 5.90. The molecule has 25 heavy (non-hydrogen) atoms. The summed E-state index contributed by atoms with van der Waals surface area (Å²) in [5.41, 5.74) is 2.77. The van der Waals surface area contributed by atoms with Crippen LogP contribution < -0.4 is 5.76 Å². The van der Waals surface area contributed by atoms with Gasteiger partial charge in [-0.3, -0.25) is 14.3 Å². The lowest BCUT2D eigenvalue weighted by Crippen LogP contribution is -2.39. The Bertz CT molecular complexity index is 964. The summed E-state index contributed by atoms with van der Waals surface area (Å²) >= 11 is 0. The van der Waals surface area contributed by atoms with Crippen molar-refractivity contribution in [2.45, 2.75) is 19.5 Å². The van der Waals surface area contributed by atoms with Crippen molar-refractivity contribution >= 4 is 5.91 Å². The number of amides is 1. The van der Waals surface area contributed by atoms with E-state index in [0.29, 0.717) is 18.8 Å². The van der Waals surface area contributed by atoms with Crippen molar-refractivity contribution in [3.8, 4) is 11.5 Å². The zero-order valence-corrected chi connectivity index (χ0v) is 13.3. The van der Waals surface area contributed by atoms with Crippen molar-refractivity contribution in [3.05, 3.63) is 64.5 Å². The van der Waals surface area contributed by atoms with E-state index in [-0.39, 0.29) is 18.3 Å². The molecule has 3 heterocycles. The van der Waals surface area contributed by atoms with Gasteiger partial charge in [-0.1, -0.05) is 29.4 Å². The maximum absolute atomic E-state index is 12.7. The lowest BCUT2D eigenvalue weighted by molar-refractivity contribution is -0.132. The molecule has 3 aromatic rings. The molecule has 1 aromatic carbocycles. The van der Waals surface area contributed by atoms with Gasteiger partial charge in [0.25, 0.3) is 0 Å². The number of fused-ring (bicyclic) bond motifs is 1. The fourth-order valence-corrected chi connectivity index (χ4v) is 2.95. The summed E-state index contributed by atoms with van der Waals surface area (Å²) in [4.78, 5) is 34.4. The third-order valence-corrected chi connectivity index (χ3v) is 4.26. The molecule has 0 aliphatic carbocycles. The van der Waals surface area contributed by atoms with Crippen LogP contribution in [0.5, 0.6) is 0 Å². The Hall–Kier alpha value is -3.29. The summed E-state index contributed by atoms with van der Waals surface area (Å²) in [7, 11) is 0. The number of carbonyl (C=O) groups is 1. The Kier molecular flexibility index (Phi) is 3.85. The minimum atomic E-state index is -0.689. The first-order chi connectivity index (χ1) is 12.2. The highest BCUT2D eigenvalue weighted by molar-refractivity contribution is 5.77. The van der Waals surface area contributed by atoms with Crippen LogP contribution in [0.15, 0.2) is 52.2 Å². The topological polar surface area (TPSA) is 94.1 Å². The van der Waals surface area contributed by atoms with Crippen molar-refractivity contribution in [3.63, 3.8) is 0 Å². The number of nitrogens with zero attached hydrogens (tertiary/aromatic N) is 5. The smallest absolute Gasteiger partial charge is 0.336 e. The molecule has 1 aliphatic rings. The molecule has 0 fully saturated rings. The Labute approximate surface area is 142 Å². The van der Waals surface area contributed by atoms with Gasteiger partial charge >= 0.3 is 5.76 Å². The molecule has 0 spiro atoms. The molecular formula is C17H15N5O3. The van der Waals surface area contributed by atoms with E-state index in [2.05, 4.69) is 21.2 Å². The average molecular weight is 337 g/mol. The van der Waals surface area contributed by atoms with E-state index in [1.165, 1.54) is 28.7 Å². The zero-order chi connectivity index (χ0) is 17.2. The second-order valence-corrected chi connectivity index (χ2v) is 5.78. The third-order valence-electron chi connectivity index (χ3n) is 4.26. The second-order valence-electron chi connectivity index (χ2n) is 5.78. The monoisotopic (exact) mass is 337 g/mol. The highest BCUT2D eigenvalue weighted by atomic mass is 16.5. The maximum Gasteiger partial charge on any atom is 0.442 e. The van der Waals surface area contributed by atoms with Crippen LogP contribution in [0.25, 0.3) is 11.5 Å². The van der Waals surface area contributed by atoms with E-state index < -0.39 is 5.76 Å². The number of aromatic nitrogens is 4. The van der Waals surface area contributed by atoms with Crippen LogP contribution in [0, 0.1) is 0 Å². The van der Waals surface area contributed by atoms with Gasteiger partial charge in [0.05, 0.1) is 6.20 Å². The number of rotatable bonds is 3. The SMILES string of the molecule is O=C(Cn1c(-c2cnccn2)noc1=O)N1CCc2ccccc2C1. The molecule has 2 aromatic heterocycles. The minimum absolute atomic E-state index is 0.142. The van der Waals surface area contributed by atoms with E-state index in [1.807, 2.05) is 18.2 Å². The van der Waals surface area contributed by atoms with Crippen molar-refractivity contribution in [1.82, 2.24) is 24.6 Å². The Morgan fingerprint density at radius 1 is 1.20 bits per heavy atom. The predicted octanol–water partition coefficient (Wildman–Crippen LogP) is 0.878. The molecule has 0 bridgehead atoms. The number of benzene rings is 1. The molecule has 4 rings (SSSR count). The normalized spacial score (nSPS) is 13.5. The minimum Gasteiger partial charge on any atom is -0.336 e. The molecule has 1 amide bonds. The van der Waals surface area contributed by atoms with Crippen LogP contribution in [-0.4, -0.2) is 37.0 Å². The van der Waals surface area contributed by atoms with Gasteiger partial charge in [-0.05, 0) is 17.5 Å². The maximum atomic E-state index is 12.7. The number of hydrogen-bond acceptors (Lipinski definition) is 6. The summed E-state index contributed by atoms with van der Waals surface area (Å²) in [5.74, 6) is -0.653. The highest BCUT2D eigenvalue weighted by Gasteiger charge is 2.23. The summed E-state index contributed by atoms with van der Waals surface area (Å²) in [6.07, 6.45) is 5.28. The fourth-order valence-electron chi connectivity index (χ4n) is 2.95. The summed E-state index contributed by atoms with van der Waals surface area (Å²) in [6.45, 7) is 1.02. The number of carbonyl (C=O) groups excluding carboxylic acids is 1. The molecule has 0 saturated heterocycles. The Morgan fingerprint density at radius 2 is 2.04 bits per heavy atom. The molecule has 126 valence electrons. The lowest BCUT2D eigenvalue weighted by atomic mass is 10.00. The van der Waals surface area contributed by atoms with Crippen LogP contribution >= 0.6 is 0 Å². The summed E-state index contributed by atoms with van der Waals surface area (Å²) in [5, 5.41) is 3.72. The largest absolute Gasteiger partial charge is 0.442 e.